The number of anilines is 2. The van der Waals surface area contributed by atoms with Gasteiger partial charge in [0.15, 0.2) is 0 Å². The summed E-state index contributed by atoms with van der Waals surface area (Å²) in [5.41, 5.74) is 7.55. The number of amides is 3. The third-order valence-electron chi connectivity index (χ3n) is 4.77. The van der Waals surface area contributed by atoms with Crippen molar-refractivity contribution in [1.82, 2.24) is 9.88 Å². The summed E-state index contributed by atoms with van der Waals surface area (Å²) in [7, 11) is 0. The SMILES string of the molecule is Cc1ccc(-n2c(N)c3c(cc2=O)C(=O)NC3=O)cc1N1CCCC1=O. The lowest BCUT2D eigenvalue weighted by atomic mass is 10.1. The van der Waals surface area contributed by atoms with Crippen LogP contribution in [0.2, 0.25) is 0 Å². The van der Waals surface area contributed by atoms with Gasteiger partial charge in [0.25, 0.3) is 17.4 Å². The van der Waals surface area contributed by atoms with E-state index in [1.807, 2.05) is 6.92 Å². The molecule has 1 aromatic carbocycles. The summed E-state index contributed by atoms with van der Waals surface area (Å²) in [5.74, 6) is -1.32. The van der Waals surface area contributed by atoms with Gasteiger partial charge in [0.05, 0.1) is 16.8 Å². The molecule has 0 spiro atoms. The number of pyridine rings is 1. The number of hydrogen-bond donors (Lipinski definition) is 2. The quantitative estimate of drug-likeness (QED) is 0.774. The highest BCUT2D eigenvalue weighted by Crippen LogP contribution is 2.29. The molecule has 3 amide bonds. The van der Waals surface area contributed by atoms with Crippen molar-refractivity contribution in [2.75, 3.05) is 17.2 Å². The summed E-state index contributed by atoms with van der Waals surface area (Å²) in [4.78, 5) is 50.1. The Balaban J connectivity index is 1.91. The lowest BCUT2D eigenvalue weighted by molar-refractivity contribution is -0.117. The molecule has 3 N–H and O–H groups in total. The third kappa shape index (κ3) is 2.22. The van der Waals surface area contributed by atoms with Crippen LogP contribution in [0.15, 0.2) is 29.1 Å². The molecule has 0 atom stereocenters. The van der Waals surface area contributed by atoms with E-state index >= 15 is 0 Å². The fourth-order valence-electron chi connectivity index (χ4n) is 3.48. The van der Waals surface area contributed by atoms with E-state index in [2.05, 4.69) is 5.32 Å². The number of aryl methyl sites for hydroxylation is 1. The Morgan fingerprint density at radius 2 is 1.85 bits per heavy atom. The van der Waals surface area contributed by atoms with Crippen molar-refractivity contribution < 1.29 is 14.4 Å². The number of imide groups is 1. The lowest BCUT2D eigenvalue weighted by Gasteiger charge is -2.20. The van der Waals surface area contributed by atoms with Crippen molar-refractivity contribution >= 4 is 29.2 Å². The van der Waals surface area contributed by atoms with Crippen LogP contribution in [0.25, 0.3) is 5.69 Å². The second-order valence-corrected chi connectivity index (χ2v) is 6.39. The molecule has 0 radical (unpaired) electrons. The van der Waals surface area contributed by atoms with E-state index < -0.39 is 17.4 Å². The molecule has 26 heavy (non-hydrogen) atoms. The standard InChI is InChI=1S/C18H16N4O4/c1-9-4-5-10(7-12(9)21-6-2-3-13(21)23)22-14(24)8-11-15(16(22)19)18(26)20-17(11)25/h4-5,7-8H,2-3,6,19H2,1H3,(H,20,25,26). The highest BCUT2D eigenvalue weighted by Gasteiger charge is 2.32. The monoisotopic (exact) mass is 352 g/mol. The van der Waals surface area contributed by atoms with Gasteiger partial charge in [-0.3, -0.25) is 29.1 Å². The minimum absolute atomic E-state index is 0.00558. The highest BCUT2D eigenvalue weighted by molar-refractivity contribution is 6.23. The molecule has 1 aromatic heterocycles. The smallest absolute Gasteiger partial charge is 0.262 e. The molecular formula is C18H16N4O4. The predicted molar refractivity (Wildman–Crippen MR) is 94.6 cm³/mol. The maximum absolute atomic E-state index is 12.5. The van der Waals surface area contributed by atoms with Gasteiger partial charge in [-0.15, -0.1) is 0 Å². The van der Waals surface area contributed by atoms with Crippen molar-refractivity contribution in [3.8, 4) is 5.69 Å². The molecule has 1 fully saturated rings. The van der Waals surface area contributed by atoms with Crippen LogP contribution in [0, 0.1) is 6.92 Å². The van der Waals surface area contributed by atoms with Gasteiger partial charge in [-0.2, -0.15) is 0 Å². The van der Waals surface area contributed by atoms with Crippen molar-refractivity contribution in [3.63, 3.8) is 0 Å². The second-order valence-electron chi connectivity index (χ2n) is 6.39. The number of carbonyl (C=O) groups is 3. The van der Waals surface area contributed by atoms with Gasteiger partial charge in [0.2, 0.25) is 5.91 Å². The van der Waals surface area contributed by atoms with Crippen LogP contribution in [0.3, 0.4) is 0 Å². The fraction of sp³-hybridized carbons (Fsp3) is 0.222. The molecule has 0 saturated carbocycles. The number of rotatable bonds is 2. The van der Waals surface area contributed by atoms with Crippen molar-refractivity contribution in [3.05, 3.63) is 51.3 Å². The number of benzene rings is 1. The zero-order valence-corrected chi connectivity index (χ0v) is 14.0. The van der Waals surface area contributed by atoms with E-state index in [0.717, 1.165) is 18.1 Å². The van der Waals surface area contributed by atoms with E-state index in [-0.39, 0.29) is 22.9 Å². The zero-order valence-electron chi connectivity index (χ0n) is 14.0. The van der Waals surface area contributed by atoms with Gasteiger partial charge < -0.3 is 10.6 Å². The van der Waals surface area contributed by atoms with Gasteiger partial charge in [-0.05, 0) is 31.0 Å². The molecule has 3 heterocycles. The summed E-state index contributed by atoms with van der Waals surface area (Å²) in [6, 6.07) is 6.29. The van der Waals surface area contributed by atoms with Crippen molar-refractivity contribution in [2.24, 2.45) is 0 Å². The first-order valence-corrected chi connectivity index (χ1v) is 8.21. The summed E-state index contributed by atoms with van der Waals surface area (Å²) in [6.45, 7) is 2.50. The van der Waals surface area contributed by atoms with Crippen LogP contribution in [-0.2, 0) is 4.79 Å². The highest BCUT2D eigenvalue weighted by atomic mass is 16.2. The second kappa shape index (κ2) is 5.55. The van der Waals surface area contributed by atoms with Gasteiger partial charge in [-0.25, -0.2) is 0 Å². The number of nitrogen functional groups attached to an aromatic ring is 1. The molecule has 4 rings (SSSR count). The van der Waals surface area contributed by atoms with Crippen LogP contribution in [0.1, 0.15) is 39.1 Å². The Morgan fingerprint density at radius 1 is 1.08 bits per heavy atom. The number of nitrogens with one attached hydrogen (secondary N) is 1. The number of hydrogen-bond acceptors (Lipinski definition) is 5. The molecule has 0 unspecified atom stereocenters. The number of fused-ring (bicyclic) bond motifs is 1. The third-order valence-corrected chi connectivity index (χ3v) is 4.77. The Labute approximate surface area is 148 Å². The average molecular weight is 352 g/mol. The molecule has 2 aromatic rings. The topological polar surface area (TPSA) is 114 Å². The zero-order chi connectivity index (χ0) is 18.6. The normalized spacial score (nSPS) is 16.2. The molecule has 132 valence electrons. The van der Waals surface area contributed by atoms with E-state index in [1.165, 1.54) is 4.57 Å². The molecular weight excluding hydrogens is 336 g/mol. The molecule has 0 bridgehead atoms. The van der Waals surface area contributed by atoms with Crippen molar-refractivity contribution in [1.29, 1.82) is 0 Å². The van der Waals surface area contributed by atoms with E-state index in [4.69, 9.17) is 5.73 Å². The Hall–Kier alpha value is -3.42. The van der Waals surface area contributed by atoms with Gasteiger partial charge in [0.1, 0.15) is 5.82 Å². The summed E-state index contributed by atoms with van der Waals surface area (Å²) >= 11 is 0. The van der Waals surface area contributed by atoms with E-state index in [0.29, 0.717) is 24.3 Å². The first-order valence-electron chi connectivity index (χ1n) is 8.21. The van der Waals surface area contributed by atoms with Gasteiger partial charge in [0, 0.05) is 24.7 Å². The maximum atomic E-state index is 12.5. The first-order chi connectivity index (χ1) is 12.4. The lowest BCUT2D eigenvalue weighted by Crippen LogP contribution is -2.26. The molecule has 8 heteroatoms. The molecule has 0 aliphatic carbocycles. The molecule has 8 nitrogen and oxygen atoms in total. The van der Waals surface area contributed by atoms with E-state index in [1.54, 1.807) is 23.1 Å². The maximum Gasteiger partial charge on any atom is 0.262 e. The molecule has 2 aliphatic heterocycles. The first kappa shape index (κ1) is 16.1. The molecule has 1 saturated heterocycles. The minimum atomic E-state index is -0.631. The van der Waals surface area contributed by atoms with Crippen LogP contribution >= 0.6 is 0 Å². The average Bonchev–Trinajstić information content (AvgIpc) is 3.12. The largest absolute Gasteiger partial charge is 0.384 e. The Kier molecular flexibility index (Phi) is 3.43. The number of nitrogens with zero attached hydrogens (tertiary/aromatic N) is 2. The van der Waals surface area contributed by atoms with Crippen LogP contribution in [0.4, 0.5) is 11.5 Å². The Bertz CT molecular complexity index is 1050. The Morgan fingerprint density at radius 3 is 2.54 bits per heavy atom. The molecule has 2 aliphatic rings. The van der Waals surface area contributed by atoms with Crippen LogP contribution in [-0.4, -0.2) is 28.8 Å². The van der Waals surface area contributed by atoms with Gasteiger partial charge in [-0.1, -0.05) is 6.07 Å². The fourth-order valence-corrected chi connectivity index (χ4v) is 3.48. The summed E-state index contributed by atoms with van der Waals surface area (Å²) in [6.07, 6.45) is 1.28. The number of aromatic nitrogens is 1. The van der Waals surface area contributed by atoms with E-state index in [9.17, 15) is 19.2 Å². The van der Waals surface area contributed by atoms with Crippen molar-refractivity contribution in [2.45, 2.75) is 19.8 Å². The number of carbonyl (C=O) groups excluding carboxylic acids is 3. The summed E-state index contributed by atoms with van der Waals surface area (Å²) in [5, 5.41) is 2.14. The predicted octanol–water partition coefficient (Wildman–Crippen LogP) is 0.739. The van der Waals surface area contributed by atoms with Crippen LogP contribution in [0.5, 0.6) is 0 Å². The van der Waals surface area contributed by atoms with Gasteiger partial charge >= 0.3 is 0 Å². The minimum Gasteiger partial charge on any atom is -0.384 e. The number of nitrogens with two attached hydrogens (primary N) is 1. The van der Waals surface area contributed by atoms with Crippen LogP contribution < -0.4 is 21.5 Å². The summed E-state index contributed by atoms with van der Waals surface area (Å²) < 4.78 is 1.18.